The Balaban J connectivity index is 1.96. The van der Waals surface area contributed by atoms with Crippen LogP contribution in [0.5, 0.6) is 0 Å². The Morgan fingerprint density at radius 1 is 1.31 bits per heavy atom. The van der Waals surface area contributed by atoms with Crippen LogP contribution >= 0.6 is 0 Å². The number of benzene rings is 1. The van der Waals surface area contributed by atoms with E-state index in [2.05, 4.69) is 0 Å². The molecule has 2 aromatic rings. The Morgan fingerprint density at radius 2 is 2.04 bits per heavy atom. The molecule has 138 valence electrons. The molecule has 0 bridgehead atoms. The number of non-ortho nitro benzene ring substituents is 1. The Hall–Kier alpha value is -2.98. The van der Waals surface area contributed by atoms with E-state index in [4.69, 9.17) is 9.15 Å². The number of ether oxygens (including phenoxy) is 1. The van der Waals surface area contributed by atoms with E-state index in [9.17, 15) is 23.3 Å². The zero-order valence-corrected chi connectivity index (χ0v) is 14.8. The van der Waals surface area contributed by atoms with Crippen molar-refractivity contribution in [2.75, 3.05) is 14.1 Å². The quantitative estimate of drug-likeness (QED) is 0.312. The highest BCUT2D eigenvalue weighted by Gasteiger charge is 2.21. The number of nitrogens with zero attached hydrogens (tertiary/aromatic N) is 2. The molecular weight excluding hydrogens is 364 g/mol. The molecule has 0 aliphatic rings. The van der Waals surface area contributed by atoms with E-state index in [0.29, 0.717) is 5.56 Å². The van der Waals surface area contributed by atoms with Crippen LogP contribution in [0, 0.1) is 10.1 Å². The molecular formula is C16H16N2O7S. The standard InChI is InChI=1S/C16H16N2O7S/c1-17(2)26(22,23)16-9-7-14(25-16)11-24-15(19)8-6-12-4-3-5-13(10-12)18(20)21/h3-10H,11H2,1-2H3/b8-6+. The normalized spacial score (nSPS) is 11.8. The molecule has 0 amide bonds. The molecule has 1 heterocycles. The highest BCUT2D eigenvalue weighted by Crippen LogP contribution is 2.18. The van der Waals surface area contributed by atoms with E-state index in [0.717, 1.165) is 10.4 Å². The first-order valence-corrected chi connectivity index (χ1v) is 8.74. The van der Waals surface area contributed by atoms with E-state index in [1.54, 1.807) is 6.07 Å². The molecule has 0 saturated carbocycles. The summed E-state index contributed by atoms with van der Waals surface area (Å²) in [5.74, 6) is -0.535. The maximum atomic E-state index is 11.9. The molecule has 0 saturated heterocycles. The number of esters is 1. The fourth-order valence-corrected chi connectivity index (χ4v) is 2.66. The van der Waals surface area contributed by atoms with Crippen molar-refractivity contribution >= 4 is 27.8 Å². The molecule has 26 heavy (non-hydrogen) atoms. The second kappa shape index (κ2) is 7.93. The Bertz CT molecular complexity index is 945. The molecule has 0 aliphatic carbocycles. The SMILES string of the molecule is CN(C)S(=O)(=O)c1ccc(COC(=O)/C=C/c2cccc([N+](=O)[O-])c2)o1. The first-order valence-electron chi connectivity index (χ1n) is 7.30. The van der Waals surface area contributed by atoms with Crippen molar-refractivity contribution in [3.05, 3.63) is 63.9 Å². The van der Waals surface area contributed by atoms with E-state index in [-0.39, 0.29) is 23.1 Å². The molecule has 9 nitrogen and oxygen atoms in total. The van der Waals surface area contributed by atoms with E-state index in [1.165, 1.54) is 50.5 Å². The van der Waals surface area contributed by atoms with Crippen molar-refractivity contribution < 1.29 is 27.3 Å². The predicted molar refractivity (Wildman–Crippen MR) is 91.5 cm³/mol. The molecule has 1 aromatic heterocycles. The van der Waals surface area contributed by atoms with Gasteiger partial charge in [-0.3, -0.25) is 10.1 Å². The van der Waals surface area contributed by atoms with Crippen LogP contribution in [0.4, 0.5) is 5.69 Å². The number of carbonyl (C=O) groups excluding carboxylic acids is 1. The number of hydrogen-bond donors (Lipinski definition) is 0. The van der Waals surface area contributed by atoms with Gasteiger partial charge in [-0.1, -0.05) is 12.1 Å². The summed E-state index contributed by atoms with van der Waals surface area (Å²) in [5.41, 5.74) is 0.374. The molecule has 10 heteroatoms. The van der Waals surface area contributed by atoms with Crippen LogP contribution in [-0.2, 0) is 26.2 Å². The summed E-state index contributed by atoms with van der Waals surface area (Å²) in [7, 11) is -0.952. The fourth-order valence-electron chi connectivity index (χ4n) is 1.85. The first-order chi connectivity index (χ1) is 12.2. The predicted octanol–water partition coefficient (Wildman–Crippen LogP) is 2.19. The molecule has 0 radical (unpaired) electrons. The lowest BCUT2D eigenvalue weighted by molar-refractivity contribution is -0.384. The Morgan fingerprint density at radius 3 is 2.69 bits per heavy atom. The number of nitro benzene ring substituents is 1. The maximum absolute atomic E-state index is 11.9. The number of nitro groups is 1. The summed E-state index contributed by atoms with van der Waals surface area (Å²) in [6.45, 7) is -0.249. The van der Waals surface area contributed by atoms with Crippen LogP contribution in [-0.4, -0.2) is 37.7 Å². The van der Waals surface area contributed by atoms with Gasteiger partial charge in [0, 0.05) is 32.3 Å². The summed E-state index contributed by atoms with van der Waals surface area (Å²) in [6.07, 6.45) is 2.48. The highest BCUT2D eigenvalue weighted by molar-refractivity contribution is 7.88. The van der Waals surface area contributed by atoms with Crippen LogP contribution in [0.2, 0.25) is 0 Å². The van der Waals surface area contributed by atoms with Crippen molar-refractivity contribution in [1.29, 1.82) is 0 Å². The summed E-state index contributed by atoms with van der Waals surface area (Å²) >= 11 is 0. The zero-order valence-electron chi connectivity index (χ0n) is 14.0. The molecule has 0 spiro atoms. The van der Waals surface area contributed by atoms with Crippen molar-refractivity contribution in [2.24, 2.45) is 0 Å². The van der Waals surface area contributed by atoms with Gasteiger partial charge in [0.15, 0.2) is 0 Å². The molecule has 2 rings (SSSR count). The molecule has 1 aromatic carbocycles. The van der Waals surface area contributed by atoms with Gasteiger partial charge in [0.1, 0.15) is 12.4 Å². The minimum atomic E-state index is -3.69. The Labute approximate surface area is 149 Å². The lowest BCUT2D eigenvalue weighted by atomic mass is 10.2. The van der Waals surface area contributed by atoms with Crippen molar-refractivity contribution in [3.63, 3.8) is 0 Å². The number of hydrogen-bond acceptors (Lipinski definition) is 7. The summed E-state index contributed by atoms with van der Waals surface area (Å²) in [5, 5.41) is 10.4. The van der Waals surface area contributed by atoms with Gasteiger partial charge >= 0.3 is 5.97 Å². The van der Waals surface area contributed by atoms with Gasteiger partial charge in [-0.15, -0.1) is 0 Å². The number of carbonyl (C=O) groups is 1. The summed E-state index contributed by atoms with van der Waals surface area (Å²) in [4.78, 5) is 21.9. The van der Waals surface area contributed by atoms with Gasteiger partial charge in [-0.2, -0.15) is 0 Å². The van der Waals surface area contributed by atoms with Gasteiger partial charge < -0.3 is 9.15 Å². The van der Waals surface area contributed by atoms with Gasteiger partial charge in [0.2, 0.25) is 5.09 Å². The third-order valence-corrected chi connectivity index (χ3v) is 4.91. The van der Waals surface area contributed by atoms with Gasteiger partial charge in [0.25, 0.3) is 15.7 Å². The molecule has 0 fully saturated rings. The number of sulfonamides is 1. The fraction of sp³-hybridized carbons (Fsp3) is 0.188. The van der Waals surface area contributed by atoms with Gasteiger partial charge in [0.05, 0.1) is 4.92 Å². The Kier molecular flexibility index (Phi) is 5.90. The maximum Gasteiger partial charge on any atom is 0.331 e. The lowest BCUT2D eigenvalue weighted by Crippen LogP contribution is -2.21. The van der Waals surface area contributed by atoms with Crippen LogP contribution in [0.25, 0.3) is 6.08 Å². The second-order valence-corrected chi connectivity index (χ2v) is 7.38. The van der Waals surface area contributed by atoms with E-state index >= 15 is 0 Å². The van der Waals surface area contributed by atoms with Crippen molar-refractivity contribution in [2.45, 2.75) is 11.7 Å². The number of rotatable bonds is 7. The van der Waals surface area contributed by atoms with Crippen molar-refractivity contribution in [3.8, 4) is 0 Å². The minimum Gasteiger partial charge on any atom is -0.454 e. The molecule has 0 unspecified atom stereocenters. The van der Waals surface area contributed by atoms with Crippen LogP contribution < -0.4 is 0 Å². The average molecular weight is 380 g/mol. The third-order valence-electron chi connectivity index (χ3n) is 3.22. The van der Waals surface area contributed by atoms with Crippen molar-refractivity contribution in [1.82, 2.24) is 4.31 Å². The minimum absolute atomic E-state index is 0.0919. The lowest BCUT2D eigenvalue weighted by Gasteiger charge is -2.07. The summed E-state index contributed by atoms with van der Waals surface area (Å²) in [6, 6.07) is 8.42. The van der Waals surface area contributed by atoms with Crippen LogP contribution in [0.3, 0.4) is 0 Å². The summed E-state index contributed by atoms with van der Waals surface area (Å²) < 4.78 is 34.9. The monoisotopic (exact) mass is 380 g/mol. The van der Waals surface area contributed by atoms with Crippen LogP contribution in [0.15, 0.2) is 52.0 Å². The first kappa shape index (κ1) is 19.3. The van der Waals surface area contributed by atoms with Gasteiger partial charge in [-0.25, -0.2) is 17.5 Å². The molecule has 0 N–H and O–H groups in total. The van der Waals surface area contributed by atoms with Gasteiger partial charge in [-0.05, 0) is 23.8 Å². The molecule has 0 aliphatic heterocycles. The average Bonchev–Trinajstić information content (AvgIpc) is 3.08. The van der Waals surface area contributed by atoms with E-state index < -0.39 is 20.9 Å². The molecule has 0 atom stereocenters. The van der Waals surface area contributed by atoms with Crippen LogP contribution in [0.1, 0.15) is 11.3 Å². The topological polar surface area (TPSA) is 120 Å². The largest absolute Gasteiger partial charge is 0.454 e. The number of furan rings is 1. The third kappa shape index (κ3) is 4.77. The second-order valence-electron chi connectivity index (χ2n) is 5.30. The highest BCUT2D eigenvalue weighted by atomic mass is 32.2. The smallest absolute Gasteiger partial charge is 0.331 e. The van der Waals surface area contributed by atoms with E-state index in [1.807, 2.05) is 0 Å². The zero-order chi connectivity index (χ0) is 19.3.